The predicted molar refractivity (Wildman–Crippen MR) is 79.6 cm³/mol. The molecule has 0 amide bonds. The van der Waals surface area contributed by atoms with E-state index < -0.39 is 6.10 Å². The van der Waals surface area contributed by atoms with Gasteiger partial charge in [-0.2, -0.15) is 0 Å². The lowest BCUT2D eigenvalue weighted by Gasteiger charge is -2.27. The smallest absolute Gasteiger partial charge is 0.123 e. The third-order valence-electron chi connectivity index (χ3n) is 4.38. The molecule has 2 aliphatic carbocycles. The molecule has 1 fully saturated rings. The number of halogens is 1. The molecule has 1 saturated carbocycles. The minimum atomic E-state index is -0.477. The lowest BCUT2D eigenvalue weighted by molar-refractivity contribution is 0.0310. The van der Waals surface area contributed by atoms with Crippen LogP contribution in [-0.4, -0.2) is 31.0 Å². The molecular formula is C17H24FNO2. The van der Waals surface area contributed by atoms with Crippen LogP contribution >= 0.6 is 0 Å². The highest BCUT2D eigenvalue weighted by Crippen LogP contribution is 2.30. The third kappa shape index (κ3) is 4.25. The Morgan fingerprint density at radius 2 is 2.19 bits per heavy atom. The molecule has 1 aromatic rings. The van der Waals surface area contributed by atoms with E-state index in [1.807, 2.05) is 6.07 Å². The lowest BCUT2D eigenvalue weighted by atomic mass is 9.87. The molecule has 2 N–H and O–H groups in total. The molecular weight excluding hydrogens is 269 g/mol. The van der Waals surface area contributed by atoms with Gasteiger partial charge in [0.2, 0.25) is 0 Å². The fraction of sp³-hybridized carbons (Fsp3) is 0.647. The van der Waals surface area contributed by atoms with Gasteiger partial charge in [-0.1, -0.05) is 6.07 Å². The first-order valence-electron chi connectivity index (χ1n) is 8.00. The van der Waals surface area contributed by atoms with Crippen LogP contribution in [0, 0.1) is 11.7 Å². The van der Waals surface area contributed by atoms with Crippen LogP contribution in [0.1, 0.15) is 42.9 Å². The lowest BCUT2D eigenvalue weighted by Crippen LogP contribution is -2.34. The number of hydrogen-bond donors (Lipinski definition) is 2. The van der Waals surface area contributed by atoms with Crippen molar-refractivity contribution in [3.05, 3.63) is 35.1 Å². The number of aliphatic hydroxyl groups excluding tert-OH is 1. The SMILES string of the molecule is OC(CNC1CCCc2cc(F)ccc21)COCC1CC1. The van der Waals surface area contributed by atoms with Crippen molar-refractivity contribution in [3.8, 4) is 0 Å². The molecule has 3 rings (SSSR count). The number of nitrogens with one attached hydrogen (secondary N) is 1. The second-order valence-corrected chi connectivity index (χ2v) is 6.33. The minimum absolute atomic E-state index is 0.164. The maximum atomic E-state index is 13.3. The number of rotatable bonds is 7. The van der Waals surface area contributed by atoms with E-state index >= 15 is 0 Å². The van der Waals surface area contributed by atoms with Gasteiger partial charge in [-0.3, -0.25) is 0 Å². The van der Waals surface area contributed by atoms with Gasteiger partial charge in [0.25, 0.3) is 0 Å². The van der Waals surface area contributed by atoms with Gasteiger partial charge in [0.15, 0.2) is 0 Å². The van der Waals surface area contributed by atoms with Crippen molar-refractivity contribution in [2.45, 2.75) is 44.2 Å². The molecule has 0 spiro atoms. The van der Waals surface area contributed by atoms with E-state index in [9.17, 15) is 9.50 Å². The number of ether oxygens (including phenoxy) is 1. The Balaban J connectivity index is 1.46. The van der Waals surface area contributed by atoms with Crippen LogP contribution in [0.4, 0.5) is 4.39 Å². The van der Waals surface area contributed by atoms with Crippen LogP contribution in [0.5, 0.6) is 0 Å². The van der Waals surface area contributed by atoms with Crippen molar-refractivity contribution in [2.24, 2.45) is 5.92 Å². The van der Waals surface area contributed by atoms with Crippen molar-refractivity contribution in [2.75, 3.05) is 19.8 Å². The van der Waals surface area contributed by atoms with Gasteiger partial charge in [0.05, 0.1) is 12.7 Å². The van der Waals surface area contributed by atoms with Gasteiger partial charge in [-0.05, 0) is 61.3 Å². The Morgan fingerprint density at radius 1 is 1.33 bits per heavy atom. The minimum Gasteiger partial charge on any atom is -0.389 e. The highest BCUT2D eigenvalue weighted by atomic mass is 19.1. The molecule has 0 aliphatic heterocycles. The number of fused-ring (bicyclic) bond motifs is 1. The Hall–Kier alpha value is -0.970. The molecule has 2 unspecified atom stereocenters. The average molecular weight is 293 g/mol. The Morgan fingerprint density at radius 3 is 3.00 bits per heavy atom. The zero-order valence-corrected chi connectivity index (χ0v) is 12.4. The summed E-state index contributed by atoms with van der Waals surface area (Å²) < 4.78 is 18.8. The summed E-state index contributed by atoms with van der Waals surface area (Å²) in [6.45, 7) is 1.70. The zero-order valence-electron chi connectivity index (χ0n) is 12.4. The van der Waals surface area contributed by atoms with Crippen LogP contribution in [-0.2, 0) is 11.2 Å². The molecule has 2 atom stereocenters. The maximum absolute atomic E-state index is 13.3. The summed E-state index contributed by atoms with van der Waals surface area (Å²) >= 11 is 0. The van der Waals surface area contributed by atoms with Crippen LogP contribution in [0.3, 0.4) is 0 Å². The summed E-state index contributed by atoms with van der Waals surface area (Å²) in [6, 6.07) is 5.25. The van der Waals surface area contributed by atoms with E-state index in [0.29, 0.717) is 13.2 Å². The Kier molecular flexibility index (Phi) is 4.88. The molecule has 0 radical (unpaired) electrons. The topological polar surface area (TPSA) is 41.5 Å². The second-order valence-electron chi connectivity index (χ2n) is 6.33. The quantitative estimate of drug-likeness (QED) is 0.812. The maximum Gasteiger partial charge on any atom is 0.123 e. The summed E-state index contributed by atoms with van der Waals surface area (Å²) in [5.74, 6) is 0.563. The van der Waals surface area contributed by atoms with E-state index in [1.54, 1.807) is 6.07 Å². The van der Waals surface area contributed by atoms with E-state index in [4.69, 9.17) is 4.74 Å². The zero-order chi connectivity index (χ0) is 14.7. The number of hydrogen-bond acceptors (Lipinski definition) is 3. The van der Waals surface area contributed by atoms with Gasteiger partial charge in [0.1, 0.15) is 5.82 Å². The van der Waals surface area contributed by atoms with E-state index in [2.05, 4.69) is 5.32 Å². The van der Waals surface area contributed by atoms with Crippen LogP contribution in [0.25, 0.3) is 0 Å². The normalized spacial score (nSPS) is 22.9. The summed E-state index contributed by atoms with van der Waals surface area (Å²) in [5, 5.41) is 13.4. The molecule has 0 bridgehead atoms. The molecule has 0 aromatic heterocycles. The summed E-state index contributed by atoms with van der Waals surface area (Å²) in [6.07, 6.45) is 5.09. The van der Waals surface area contributed by atoms with E-state index in [1.165, 1.54) is 24.5 Å². The van der Waals surface area contributed by atoms with Crippen molar-refractivity contribution in [1.82, 2.24) is 5.32 Å². The fourth-order valence-electron chi connectivity index (χ4n) is 2.99. The van der Waals surface area contributed by atoms with Crippen LogP contribution in [0.2, 0.25) is 0 Å². The number of aryl methyl sites for hydroxylation is 1. The highest BCUT2D eigenvalue weighted by molar-refractivity contribution is 5.32. The number of aliphatic hydroxyl groups is 1. The largest absolute Gasteiger partial charge is 0.389 e. The molecule has 1 aromatic carbocycles. The molecule has 21 heavy (non-hydrogen) atoms. The van der Waals surface area contributed by atoms with Crippen molar-refractivity contribution in [1.29, 1.82) is 0 Å². The van der Waals surface area contributed by atoms with Gasteiger partial charge < -0.3 is 15.2 Å². The molecule has 3 nitrogen and oxygen atoms in total. The highest BCUT2D eigenvalue weighted by Gasteiger charge is 2.23. The molecule has 2 aliphatic rings. The van der Waals surface area contributed by atoms with Crippen molar-refractivity contribution >= 4 is 0 Å². The van der Waals surface area contributed by atoms with Gasteiger partial charge in [0, 0.05) is 19.2 Å². The Labute approximate surface area is 125 Å². The summed E-state index contributed by atoms with van der Waals surface area (Å²) in [5.41, 5.74) is 2.27. The number of benzene rings is 1. The Bertz CT molecular complexity index is 476. The van der Waals surface area contributed by atoms with Crippen LogP contribution in [0.15, 0.2) is 18.2 Å². The first-order chi connectivity index (χ1) is 10.2. The van der Waals surface area contributed by atoms with Crippen molar-refractivity contribution in [3.63, 3.8) is 0 Å². The van der Waals surface area contributed by atoms with Crippen molar-refractivity contribution < 1.29 is 14.2 Å². The van der Waals surface area contributed by atoms with Gasteiger partial charge >= 0.3 is 0 Å². The molecule has 4 heteroatoms. The standard InChI is InChI=1S/C17H24FNO2/c18-14-6-7-16-13(8-14)2-1-3-17(16)19-9-15(20)11-21-10-12-4-5-12/h6-8,12,15,17,19-20H,1-5,9-11H2. The first kappa shape index (κ1) is 14.9. The van der Waals surface area contributed by atoms with Crippen LogP contribution < -0.4 is 5.32 Å². The summed E-state index contributed by atoms with van der Waals surface area (Å²) in [7, 11) is 0. The van der Waals surface area contributed by atoms with Gasteiger partial charge in [-0.25, -0.2) is 4.39 Å². The summed E-state index contributed by atoms with van der Waals surface area (Å²) in [4.78, 5) is 0. The van der Waals surface area contributed by atoms with E-state index in [-0.39, 0.29) is 11.9 Å². The fourth-order valence-corrected chi connectivity index (χ4v) is 2.99. The second kappa shape index (κ2) is 6.86. The molecule has 116 valence electrons. The molecule has 0 saturated heterocycles. The average Bonchev–Trinajstić information content (AvgIpc) is 3.29. The third-order valence-corrected chi connectivity index (χ3v) is 4.38. The molecule has 0 heterocycles. The van der Waals surface area contributed by atoms with Gasteiger partial charge in [-0.15, -0.1) is 0 Å². The predicted octanol–water partition coefficient (Wildman–Crippen LogP) is 2.58. The monoisotopic (exact) mass is 293 g/mol. The van der Waals surface area contributed by atoms with E-state index in [0.717, 1.165) is 37.4 Å². The first-order valence-corrected chi connectivity index (χ1v) is 8.00.